The number of likely N-dealkylation sites (tertiary alicyclic amines) is 1. The van der Waals surface area contributed by atoms with E-state index in [9.17, 15) is 19.2 Å². The molecule has 1 aromatic rings. The van der Waals surface area contributed by atoms with Crippen LogP contribution in [0.15, 0.2) is 30.3 Å². The van der Waals surface area contributed by atoms with Gasteiger partial charge in [0.1, 0.15) is 18.2 Å². The molecule has 202 valence electrons. The van der Waals surface area contributed by atoms with Crippen LogP contribution in [0.2, 0.25) is 0 Å². The minimum absolute atomic E-state index is 0.0412. The van der Waals surface area contributed by atoms with Gasteiger partial charge in [-0.15, -0.1) is 0 Å². The number of rotatable bonds is 9. The summed E-state index contributed by atoms with van der Waals surface area (Å²) in [5.74, 6) is -1.13. The molecule has 1 spiro atoms. The van der Waals surface area contributed by atoms with Gasteiger partial charge in [0.05, 0.1) is 12.6 Å². The first kappa shape index (κ1) is 27.1. The van der Waals surface area contributed by atoms with Crippen LogP contribution in [-0.2, 0) is 30.5 Å². The first-order valence-electron chi connectivity index (χ1n) is 13.3. The molecule has 0 aromatic heterocycles. The maximum Gasteiger partial charge on any atom is 0.410 e. The van der Waals surface area contributed by atoms with Gasteiger partial charge >= 0.3 is 6.09 Å². The quantitative estimate of drug-likeness (QED) is 0.525. The van der Waals surface area contributed by atoms with Gasteiger partial charge in [-0.2, -0.15) is 0 Å². The summed E-state index contributed by atoms with van der Waals surface area (Å²) in [5, 5.41) is 5.74. The van der Waals surface area contributed by atoms with Crippen LogP contribution < -0.4 is 10.6 Å². The molecule has 2 N–H and O–H groups in total. The van der Waals surface area contributed by atoms with Gasteiger partial charge in [0, 0.05) is 19.0 Å². The Hall–Kier alpha value is -2.94. The van der Waals surface area contributed by atoms with Crippen molar-refractivity contribution in [3.05, 3.63) is 35.9 Å². The van der Waals surface area contributed by atoms with Gasteiger partial charge in [-0.05, 0) is 70.3 Å². The number of carbonyl (C=O) groups excluding carboxylic acids is 4. The fourth-order valence-corrected chi connectivity index (χ4v) is 5.17. The van der Waals surface area contributed by atoms with E-state index in [-0.39, 0.29) is 48.6 Å². The summed E-state index contributed by atoms with van der Waals surface area (Å²) in [4.78, 5) is 53.6. The number of hydrogen-bond acceptors (Lipinski definition) is 6. The number of piperidine rings is 1. The summed E-state index contributed by atoms with van der Waals surface area (Å²) < 4.78 is 11.2. The van der Waals surface area contributed by atoms with Crippen LogP contribution >= 0.6 is 0 Å². The topological polar surface area (TPSA) is 114 Å². The summed E-state index contributed by atoms with van der Waals surface area (Å²) >= 11 is 0. The largest absolute Gasteiger partial charge is 0.444 e. The molecule has 4 rings (SSSR count). The van der Waals surface area contributed by atoms with Crippen LogP contribution in [-0.4, -0.2) is 66.0 Å². The van der Waals surface area contributed by atoms with Crippen molar-refractivity contribution in [3.8, 4) is 0 Å². The summed E-state index contributed by atoms with van der Waals surface area (Å²) in [5.41, 5.74) is 0.220. The zero-order valence-corrected chi connectivity index (χ0v) is 22.1. The van der Waals surface area contributed by atoms with Crippen molar-refractivity contribution in [2.75, 3.05) is 19.7 Å². The maximum absolute atomic E-state index is 13.5. The Bertz CT molecular complexity index is 1000. The predicted octanol–water partition coefficient (Wildman–Crippen LogP) is 2.96. The maximum atomic E-state index is 13.5. The van der Waals surface area contributed by atoms with Crippen molar-refractivity contribution in [2.24, 2.45) is 11.3 Å². The zero-order valence-electron chi connectivity index (χ0n) is 22.1. The average molecular weight is 514 g/mol. The monoisotopic (exact) mass is 513 g/mol. The van der Waals surface area contributed by atoms with E-state index in [4.69, 9.17) is 9.47 Å². The molecule has 3 fully saturated rings. The molecule has 3 atom stereocenters. The molecule has 1 unspecified atom stereocenters. The van der Waals surface area contributed by atoms with Gasteiger partial charge in [-0.25, -0.2) is 4.79 Å². The smallest absolute Gasteiger partial charge is 0.410 e. The predicted molar refractivity (Wildman–Crippen MR) is 136 cm³/mol. The van der Waals surface area contributed by atoms with E-state index in [1.807, 2.05) is 30.3 Å². The Morgan fingerprint density at radius 3 is 2.57 bits per heavy atom. The highest BCUT2D eigenvalue weighted by Crippen LogP contribution is 2.55. The first-order chi connectivity index (χ1) is 17.6. The Balaban J connectivity index is 1.44. The summed E-state index contributed by atoms with van der Waals surface area (Å²) in [6.45, 7) is 6.57. The second-order valence-corrected chi connectivity index (χ2v) is 11.7. The van der Waals surface area contributed by atoms with E-state index in [1.165, 1.54) is 4.90 Å². The van der Waals surface area contributed by atoms with Crippen LogP contribution in [0.25, 0.3) is 0 Å². The SMILES string of the molecule is CC(C)(C)OC(=O)N1CC2(CC2)C[C@H]1C(=O)NC(C[C@@H]1CCCNC1=O)C(=O)COCc1ccccc1. The highest BCUT2D eigenvalue weighted by atomic mass is 16.6. The molecule has 0 radical (unpaired) electrons. The molecule has 2 aliphatic heterocycles. The third-order valence-electron chi connectivity index (χ3n) is 7.38. The van der Waals surface area contributed by atoms with Gasteiger partial charge in [0.2, 0.25) is 11.8 Å². The van der Waals surface area contributed by atoms with E-state index < -0.39 is 23.8 Å². The lowest BCUT2D eigenvalue weighted by Gasteiger charge is -2.30. The van der Waals surface area contributed by atoms with E-state index >= 15 is 0 Å². The second kappa shape index (κ2) is 11.2. The normalized spacial score (nSPS) is 23.3. The van der Waals surface area contributed by atoms with Crippen molar-refractivity contribution in [1.82, 2.24) is 15.5 Å². The summed E-state index contributed by atoms with van der Waals surface area (Å²) in [6.07, 6.45) is 3.66. The van der Waals surface area contributed by atoms with Crippen molar-refractivity contribution >= 4 is 23.7 Å². The van der Waals surface area contributed by atoms with Crippen molar-refractivity contribution in [2.45, 2.75) is 83.6 Å². The number of ether oxygens (including phenoxy) is 2. The molecule has 9 heteroatoms. The number of Topliss-reactive ketones (excluding diaryl/α,β-unsaturated/α-hetero) is 1. The fourth-order valence-electron chi connectivity index (χ4n) is 5.17. The Labute approximate surface area is 218 Å². The fraction of sp³-hybridized carbons (Fsp3) is 0.643. The van der Waals surface area contributed by atoms with Crippen LogP contribution in [0.1, 0.15) is 64.9 Å². The average Bonchev–Trinajstić information content (AvgIpc) is 3.48. The first-order valence-corrected chi connectivity index (χ1v) is 13.3. The summed E-state index contributed by atoms with van der Waals surface area (Å²) in [6, 6.07) is 7.94. The molecule has 9 nitrogen and oxygen atoms in total. The van der Waals surface area contributed by atoms with Crippen molar-refractivity contribution in [3.63, 3.8) is 0 Å². The third-order valence-corrected chi connectivity index (χ3v) is 7.38. The Morgan fingerprint density at radius 2 is 1.92 bits per heavy atom. The van der Waals surface area contributed by atoms with E-state index in [1.54, 1.807) is 20.8 Å². The molecule has 1 aromatic carbocycles. The van der Waals surface area contributed by atoms with Gasteiger partial charge in [-0.1, -0.05) is 30.3 Å². The van der Waals surface area contributed by atoms with Gasteiger partial charge < -0.3 is 20.1 Å². The van der Waals surface area contributed by atoms with E-state index in [0.717, 1.165) is 24.8 Å². The molecule has 2 heterocycles. The van der Waals surface area contributed by atoms with Crippen LogP contribution in [0, 0.1) is 11.3 Å². The second-order valence-electron chi connectivity index (χ2n) is 11.7. The van der Waals surface area contributed by atoms with E-state index in [0.29, 0.717) is 25.9 Å². The molecule has 3 amide bonds. The zero-order chi connectivity index (χ0) is 26.6. The minimum Gasteiger partial charge on any atom is -0.444 e. The molecular formula is C28H39N3O6. The molecule has 3 aliphatic rings. The number of nitrogens with zero attached hydrogens (tertiary/aromatic N) is 1. The highest BCUT2D eigenvalue weighted by Gasteiger charge is 2.56. The number of nitrogens with one attached hydrogen (secondary N) is 2. The number of benzene rings is 1. The Morgan fingerprint density at radius 1 is 1.19 bits per heavy atom. The number of amides is 3. The van der Waals surface area contributed by atoms with Gasteiger partial charge in [0.15, 0.2) is 5.78 Å². The van der Waals surface area contributed by atoms with Crippen LogP contribution in [0.5, 0.6) is 0 Å². The number of carbonyl (C=O) groups is 4. The number of ketones is 1. The third kappa shape index (κ3) is 7.31. The van der Waals surface area contributed by atoms with Crippen molar-refractivity contribution in [1.29, 1.82) is 0 Å². The molecule has 1 saturated carbocycles. The lowest BCUT2D eigenvalue weighted by atomic mass is 9.90. The lowest BCUT2D eigenvalue weighted by Crippen LogP contribution is -2.53. The van der Waals surface area contributed by atoms with Crippen LogP contribution in [0.3, 0.4) is 0 Å². The minimum atomic E-state index is -0.881. The molecule has 0 bridgehead atoms. The molecule has 1 aliphatic carbocycles. The number of hydrogen-bond donors (Lipinski definition) is 2. The highest BCUT2D eigenvalue weighted by molar-refractivity contribution is 5.93. The Kier molecular flexibility index (Phi) is 8.21. The standard InChI is InChI=1S/C28H39N3O6/c1-27(2,3)37-26(35)31-18-28(11-12-28)15-22(31)25(34)30-21(14-20-10-7-13-29-24(20)33)23(32)17-36-16-19-8-5-4-6-9-19/h4-6,8-9,20-22H,7,10-18H2,1-3H3,(H,29,33)(H,30,34)/t20-,21?,22-/m0/s1. The van der Waals surface area contributed by atoms with E-state index in [2.05, 4.69) is 10.6 Å². The molecular weight excluding hydrogens is 474 g/mol. The molecule has 37 heavy (non-hydrogen) atoms. The summed E-state index contributed by atoms with van der Waals surface area (Å²) in [7, 11) is 0. The van der Waals surface area contributed by atoms with Gasteiger partial charge in [-0.3, -0.25) is 19.3 Å². The van der Waals surface area contributed by atoms with Crippen LogP contribution in [0.4, 0.5) is 4.79 Å². The van der Waals surface area contributed by atoms with Gasteiger partial charge in [0.25, 0.3) is 0 Å². The molecule has 2 saturated heterocycles. The van der Waals surface area contributed by atoms with Crippen molar-refractivity contribution < 1.29 is 28.7 Å². The lowest BCUT2D eigenvalue weighted by molar-refractivity contribution is -0.134.